The number of methoxy groups -OCH3 is 1. The van der Waals surface area contributed by atoms with Crippen LogP contribution in [0.1, 0.15) is 12.0 Å². The highest BCUT2D eigenvalue weighted by Crippen LogP contribution is 2.25. The summed E-state index contributed by atoms with van der Waals surface area (Å²) in [6, 6.07) is 10.5. The van der Waals surface area contributed by atoms with Crippen LogP contribution in [0.2, 0.25) is 0 Å². The number of hydrogen-bond donors (Lipinski definition) is 1. The van der Waals surface area contributed by atoms with E-state index in [0.29, 0.717) is 43.3 Å². The Morgan fingerprint density at radius 3 is 2.24 bits per heavy atom. The maximum atomic E-state index is 12.7. The fraction of sp³-hybridized carbons (Fsp3) is 0.409. The van der Waals surface area contributed by atoms with E-state index in [0.717, 1.165) is 4.31 Å². The first-order valence-corrected chi connectivity index (χ1v) is 13.5. The molecule has 0 aromatic heterocycles. The highest BCUT2D eigenvalue weighted by atomic mass is 32.2. The van der Waals surface area contributed by atoms with Crippen LogP contribution in [0.5, 0.6) is 5.75 Å². The van der Waals surface area contributed by atoms with Gasteiger partial charge in [0.2, 0.25) is 26.0 Å². The first-order chi connectivity index (χ1) is 16.1. The lowest BCUT2D eigenvalue weighted by Gasteiger charge is -2.26. The minimum absolute atomic E-state index is 0.0790. The molecule has 2 aromatic rings. The van der Waals surface area contributed by atoms with E-state index >= 15 is 0 Å². The molecule has 186 valence electrons. The summed E-state index contributed by atoms with van der Waals surface area (Å²) in [6.45, 7) is 1.34. The number of morpholine rings is 1. The van der Waals surface area contributed by atoms with Crippen LogP contribution < -0.4 is 10.1 Å². The maximum absolute atomic E-state index is 12.7. The second-order valence-corrected chi connectivity index (χ2v) is 11.9. The van der Waals surface area contributed by atoms with Crippen LogP contribution in [0.4, 0.5) is 5.69 Å². The summed E-state index contributed by atoms with van der Waals surface area (Å²) in [5, 5.41) is 2.74. The summed E-state index contributed by atoms with van der Waals surface area (Å²) in [5.74, 6) is 0.190. The Morgan fingerprint density at radius 2 is 1.65 bits per heavy atom. The Balaban J connectivity index is 1.65. The standard InChI is InChI=1S/C22H29N3O7S2/c1-24(2)33(27,28)20-9-10-21(31-3)17(16-20)4-11-22(26)23-18-5-7-19(8-6-18)34(29,30)25-12-14-32-15-13-25/h5-10,16H,4,11-15H2,1-3H3,(H,23,26). The van der Waals surface area contributed by atoms with Crippen molar-refractivity contribution in [3.8, 4) is 5.75 Å². The topological polar surface area (TPSA) is 122 Å². The predicted octanol–water partition coefficient (Wildman–Crippen LogP) is 1.54. The van der Waals surface area contributed by atoms with Gasteiger partial charge in [-0.3, -0.25) is 4.79 Å². The molecule has 3 rings (SSSR count). The zero-order chi connectivity index (χ0) is 24.9. The summed E-state index contributed by atoms with van der Waals surface area (Å²) in [4.78, 5) is 12.8. The van der Waals surface area contributed by atoms with E-state index in [9.17, 15) is 21.6 Å². The number of sulfonamides is 2. The SMILES string of the molecule is COc1ccc(S(=O)(=O)N(C)C)cc1CCC(=O)Nc1ccc(S(=O)(=O)N2CCOCC2)cc1. The van der Waals surface area contributed by atoms with E-state index in [2.05, 4.69) is 5.32 Å². The van der Waals surface area contributed by atoms with Gasteiger partial charge in [-0.15, -0.1) is 0 Å². The van der Waals surface area contributed by atoms with Crippen molar-refractivity contribution in [2.75, 3.05) is 52.8 Å². The largest absolute Gasteiger partial charge is 0.496 e. The van der Waals surface area contributed by atoms with Crippen LogP contribution >= 0.6 is 0 Å². The van der Waals surface area contributed by atoms with Gasteiger partial charge in [-0.05, 0) is 54.4 Å². The predicted molar refractivity (Wildman–Crippen MR) is 127 cm³/mol. The van der Waals surface area contributed by atoms with Gasteiger partial charge in [0.05, 0.1) is 30.1 Å². The third-order valence-corrected chi connectivity index (χ3v) is 9.12. The van der Waals surface area contributed by atoms with Gasteiger partial charge in [-0.2, -0.15) is 4.31 Å². The molecule has 1 fully saturated rings. The van der Waals surface area contributed by atoms with E-state index in [4.69, 9.17) is 9.47 Å². The minimum atomic E-state index is -3.62. The Bertz CT molecular complexity index is 1220. The maximum Gasteiger partial charge on any atom is 0.243 e. The number of rotatable bonds is 9. The van der Waals surface area contributed by atoms with E-state index in [1.165, 1.54) is 61.9 Å². The molecule has 0 radical (unpaired) electrons. The second kappa shape index (κ2) is 10.8. The first-order valence-electron chi connectivity index (χ1n) is 10.6. The highest BCUT2D eigenvalue weighted by Gasteiger charge is 2.26. The lowest BCUT2D eigenvalue weighted by atomic mass is 10.1. The Kier molecular flexibility index (Phi) is 8.31. The number of benzene rings is 2. The van der Waals surface area contributed by atoms with Gasteiger partial charge >= 0.3 is 0 Å². The fourth-order valence-electron chi connectivity index (χ4n) is 3.44. The average molecular weight is 512 g/mol. The molecule has 34 heavy (non-hydrogen) atoms. The molecule has 0 atom stereocenters. The number of amides is 1. The molecule has 1 N–H and O–H groups in total. The number of anilines is 1. The van der Waals surface area contributed by atoms with Crippen molar-refractivity contribution in [2.24, 2.45) is 0 Å². The van der Waals surface area contributed by atoms with Gasteiger partial charge in [-0.1, -0.05) is 0 Å². The van der Waals surface area contributed by atoms with Gasteiger partial charge in [0.1, 0.15) is 5.75 Å². The Hall–Kier alpha value is -2.51. The van der Waals surface area contributed by atoms with Crippen LogP contribution in [0, 0.1) is 0 Å². The number of ether oxygens (including phenoxy) is 2. The van der Waals surface area contributed by atoms with Crippen LogP contribution in [-0.2, 0) is 36.0 Å². The van der Waals surface area contributed by atoms with Crippen molar-refractivity contribution in [3.63, 3.8) is 0 Å². The molecule has 0 spiro atoms. The summed E-state index contributed by atoms with van der Waals surface area (Å²) < 4.78 is 63.3. The van der Waals surface area contributed by atoms with Crippen molar-refractivity contribution in [2.45, 2.75) is 22.6 Å². The molecule has 1 aliphatic rings. The van der Waals surface area contributed by atoms with Crippen molar-refractivity contribution >= 4 is 31.6 Å². The summed E-state index contributed by atoms with van der Waals surface area (Å²) in [7, 11) is -2.85. The molecule has 0 aliphatic carbocycles. The van der Waals surface area contributed by atoms with Crippen molar-refractivity contribution in [1.82, 2.24) is 8.61 Å². The number of aryl methyl sites for hydroxylation is 1. The van der Waals surface area contributed by atoms with Crippen LogP contribution in [0.15, 0.2) is 52.3 Å². The average Bonchev–Trinajstić information content (AvgIpc) is 2.83. The number of carbonyl (C=O) groups is 1. The monoisotopic (exact) mass is 511 g/mol. The summed E-state index contributed by atoms with van der Waals surface area (Å²) >= 11 is 0. The van der Waals surface area contributed by atoms with Gasteiger partial charge in [0, 0.05) is 39.3 Å². The lowest BCUT2D eigenvalue weighted by molar-refractivity contribution is -0.116. The fourth-order valence-corrected chi connectivity index (χ4v) is 5.80. The van der Waals surface area contributed by atoms with Gasteiger partial charge in [0.15, 0.2) is 0 Å². The van der Waals surface area contributed by atoms with E-state index in [-0.39, 0.29) is 28.5 Å². The number of carbonyl (C=O) groups excluding carboxylic acids is 1. The Labute approximate surface area is 200 Å². The van der Waals surface area contributed by atoms with E-state index in [1.54, 1.807) is 6.07 Å². The van der Waals surface area contributed by atoms with Crippen LogP contribution in [0.25, 0.3) is 0 Å². The van der Waals surface area contributed by atoms with E-state index in [1.807, 2.05) is 0 Å². The van der Waals surface area contributed by atoms with Crippen molar-refractivity contribution < 1.29 is 31.1 Å². The summed E-state index contributed by atoms with van der Waals surface area (Å²) in [5.41, 5.74) is 1.05. The first kappa shape index (κ1) is 26.1. The molecule has 0 saturated carbocycles. The second-order valence-electron chi connectivity index (χ2n) is 7.85. The Morgan fingerprint density at radius 1 is 1.03 bits per heavy atom. The smallest absolute Gasteiger partial charge is 0.243 e. The zero-order valence-electron chi connectivity index (χ0n) is 19.4. The van der Waals surface area contributed by atoms with Crippen LogP contribution in [-0.4, -0.2) is 78.9 Å². The molecule has 1 amide bonds. The number of hydrogen-bond acceptors (Lipinski definition) is 7. The highest BCUT2D eigenvalue weighted by molar-refractivity contribution is 7.89. The number of nitrogens with zero attached hydrogens (tertiary/aromatic N) is 2. The molecule has 1 aliphatic heterocycles. The lowest BCUT2D eigenvalue weighted by Crippen LogP contribution is -2.40. The molecular formula is C22H29N3O7S2. The third-order valence-electron chi connectivity index (χ3n) is 5.40. The minimum Gasteiger partial charge on any atom is -0.496 e. The van der Waals surface area contributed by atoms with Gasteiger partial charge < -0.3 is 14.8 Å². The summed E-state index contributed by atoms with van der Waals surface area (Å²) in [6.07, 6.45) is 0.338. The third kappa shape index (κ3) is 5.94. The molecule has 0 unspecified atom stereocenters. The quantitative estimate of drug-likeness (QED) is 0.542. The number of nitrogens with one attached hydrogen (secondary N) is 1. The van der Waals surface area contributed by atoms with Crippen LogP contribution in [0.3, 0.4) is 0 Å². The molecule has 12 heteroatoms. The zero-order valence-corrected chi connectivity index (χ0v) is 21.0. The molecule has 1 saturated heterocycles. The van der Waals surface area contributed by atoms with Crippen molar-refractivity contribution in [3.05, 3.63) is 48.0 Å². The van der Waals surface area contributed by atoms with Crippen molar-refractivity contribution in [1.29, 1.82) is 0 Å². The van der Waals surface area contributed by atoms with E-state index < -0.39 is 20.0 Å². The van der Waals surface area contributed by atoms with Gasteiger partial charge in [0.25, 0.3) is 0 Å². The molecular weight excluding hydrogens is 482 g/mol. The normalized spacial score (nSPS) is 15.3. The molecule has 0 bridgehead atoms. The van der Waals surface area contributed by atoms with Gasteiger partial charge in [-0.25, -0.2) is 21.1 Å². The molecule has 10 nitrogen and oxygen atoms in total. The molecule has 1 heterocycles. The molecule has 2 aromatic carbocycles.